The molecule has 1 aromatic rings. The first-order valence-electron chi connectivity index (χ1n) is 4.27. The third-order valence-electron chi connectivity index (χ3n) is 1.81. The fourth-order valence-corrected chi connectivity index (χ4v) is 2.44. The normalized spacial score (nSPS) is 11.9. The van der Waals surface area contributed by atoms with Crippen LogP contribution in [0, 0.1) is 0 Å². The smallest absolute Gasteiger partial charge is 0.305 e. The van der Waals surface area contributed by atoms with Crippen LogP contribution < -0.4 is 5.32 Å². The molecule has 0 aliphatic carbocycles. The zero-order valence-electron chi connectivity index (χ0n) is 7.98. The Kier molecular flexibility index (Phi) is 4.88. The van der Waals surface area contributed by atoms with Gasteiger partial charge in [-0.3, -0.25) is 14.6 Å². The van der Waals surface area contributed by atoms with Crippen LogP contribution in [0.15, 0.2) is 21.2 Å². The lowest BCUT2D eigenvalue weighted by atomic mass is 10.1. The number of nitrogens with zero attached hydrogens (tertiary/aromatic N) is 1. The molecule has 1 rings (SSSR count). The van der Waals surface area contributed by atoms with E-state index in [2.05, 4.69) is 42.2 Å². The Labute approximate surface area is 109 Å². The SMILES string of the molecule is O=CN[C@@H](CC(=O)O)c1ncc(Br)cc1Br. The second-order valence-corrected chi connectivity index (χ2v) is 4.73. The minimum atomic E-state index is -1.00. The van der Waals surface area contributed by atoms with Gasteiger partial charge in [0.25, 0.3) is 0 Å². The summed E-state index contributed by atoms with van der Waals surface area (Å²) >= 11 is 6.50. The monoisotopic (exact) mass is 350 g/mol. The average Bonchev–Trinajstić information content (AvgIpc) is 2.16. The number of pyridine rings is 1. The maximum atomic E-state index is 10.6. The van der Waals surface area contributed by atoms with Crippen LogP contribution >= 0.6 is 31.9 Å². The summed E-state index contributed by atoms with van der Waals surface area (Å²) in [5, 5.41) is 11.1. The topological polar surface area (TPSA) is 79.3 Å². The highest BCUT2D eigenvalue weighted by Gasteiger charge is 2.18. The van der Waals surface area contributed by atoms with Gasteiger partial charge in [0, 0.05) is 15.1 Å². The molecular weight excluding hydrogens is 344 g/mol. The van der Waals surface area contributed by atoms with Gasteiger partial charge in [0.2, 0.25) is 6.41 Å². The Morgan fingerprint density at radius 2 is 2.31 bits per heavy atom. The van der Waals surface area contributed by atoms with Crippen molar-refractivity contribution in [2.75, 3.05) is 0 Å². The molecule has 1 heterocycles. The Bertz CT molecular complexity index is 412. The minimum absolute atomic E-state index is 0.216. The van der Waals surface area contributed by atoms with Crippen LogP contribution in [-0.4, -0.2) is 22.5 Å². The number of amides is 1. The Balaban J connectivity index is 3.00. The molecule has 2 N–H and O–H groups in total. The van der Waals surface area contributed by atoms with Gasteiger partial charge < -0.3 is 10.4 Å². The Morgan fingerprint density at radius 3 is 2.81 bits per heavy atom. The number of carboxylic acid groups (broad SMARTS) is 1. The lowest BCUT2D eigenvalue weighted by Crippen LogP contribution is -2.23. The zero-order chi connectivity index (χ0) is 12.1. The van der Waals surface area contributed by atoms with E-state index in [0.29, 0.717) is 16.6 Å². The molecule has 1 atom stereocenters. The summed E-state index contributed by atoms with van der Waals surface area (Å²) in [6.07, 6.45) is 1.79. The van der Waals surface area contributed by atoms with Crippen LogP contribution in [0.1, 0.15) is 18.2 Å². The van der Waals surface area contributed by atoms with Crippen LogP contribution in [0.4, 0.5) is 0 Å². The van der Waals surface area contributed by atoms with Crippen LogP contribution in [-0.2, 0) is 9.59 Å². The first-order valence-corrected chi connectivity index (χ1v) is 5.85. The standard InChI is InChI=1S/C9H8Br2N2O3/c10-5-1-6(11)9(12-3-5)7(13-4-14)2-8(15)16/h1,3-4,7H,2H2,(H,13,14)(H,15,16)/t7-/m0/s1. The van der Waals surface area contributed by atoms with E-state index in [0.717, 1.165) is 4.47 Å². The van der Waals surface area contributed by atoms with E-state index in [1.54, 1.807) is 12.3 Å². The summed E-state index contributed by atoms with van der Waals surface area (Å²) in [6.45, 7) is 0. The molecule has 86 valence electrons. The van der Waals surface area contributed by atoms with Crippen LogP contribution in [0.5, 0.6) is 0 Å². The van der Waals surface area contributed by atoms with Crippen molar-refractivity contribution in [2.24, 2.45) is 0 Å². The highest BCUT2D eigenvalue weighted by Crippen LogP contribution is 2.26. The number of carbonyl (C=O) groups is 2. The predicted octanol–water partition coefficient (Wildman–Crippen LogP) is 1.87. The van der Waals surface area contributed by atoms with Crippen molar-refractivity contribution >= 4 is 44.2 Å². The summed E-state index contributed by atoms with van der Waals surface area (Å²) in [5.74, 6) is -1.00. The van der Waals surface area contributed by atoms with E-state index in [1.165, 1.54) is 0 Å². The fourth-order valence-electron chi connectivity index (χ4n) is 1.17. The first-order chi connectivity index (χ1) is 7.54. The molecule has 0 aliphatic heterocycles. The molecule has 0 saturated carbocycles. The number of aliphatic carboxylic acids is 1. The molecule has 0 aliphatic rings. The summed E-state index contributed by atoms with van der Waals surface area (Å²) in [7, 11) is 0. The number of halogens is 2. The molecule has 0 fully saturated rings. The lowest BCUT2D eigenvalue weighted by Gasteiger charge is -2.14. The van der Waals surface area contributed by atoms with Gasteiger partial charge in [0.05, 0.1) is 18.2 Å². The molecule has 0 aromatic carbocycles. The minimum Gasteiger partial charge on any atom is -0.481 e. The number of rotatable bonds is 5. The van der Waals surface area contributed by atoms with Crippen LogP contribution in [0.25, 0.3) is 0 Å². The number of carbonyl (C=O) groups excluding carboxylic acids is 1. The second kappa shape index (κ2) is 5.95. The molecule has 1 amide bonds. The summed E-state index contributed by atoms with van der Waals surface area (Å²) in [6, 6.07) is 1.10. The summed E-state index contributed by atoms with van der Waals surface area (Å²) in [5.41, 5.74) is 0.484. The van der Waals surface area contributed by atoms with Gasteiger partial charge in [0.1, 0.15) is 0 Å². The molecule has 0 spiro atoms. The number of hydrogen-bond acceptors (Lipinski definition) is 3. The molecule has 0 unspecified atom stereocenters. The zero-order valence-corrected chi connectivity index (χ0v) is 11.2. The third-order valence-corrected chi connectivity index (χ3v) is 2.88. The third kappa shape index (κ3) is 3.57. The summed E-state index contributed by atoms with van der Waals surface area (Å²) in [4.78, 5) is 25.1. The van der Waals surface area contributed by atoms with E-state index in [9.17, 15) is 9.59 Å². The van der Waals surface area contributed by atoms with Crippen molar-refractivity contribution in [3.8, 4) is 0 Å². The number of nitrogens with one attached hydrogen (secondary N) is 1. The van der Waals surface area contributed by atoms with Crippen molar-refractivity contribution in [1.29, 1.82) is 0 Å². The van der Waals surface area contributed by atoms with Crippen molar-refractivity contribution in [2.45, 2.75) is 12.5 Å². The van der Waals surface area contributed by atoms with E-state index in [-0.39, 0.29) is 6.42 Å². The molecule has 0 radical (unpaired) electrons. The second-order valence-electron chi connectivity index (χ2n) is 2.96. The van der Waals surface area contributed by atoms with E-state index in [4.69, 9.17) is 5.11 Å². The van der Waals surface area contributed by atoms with Crippen molar-refractivity contribution in [1.82, 2.24) is 10.3 Å². The van der Waals surface area contributed by atoms with Gasteiger partial charge in [-0.05, 0) is 37.9 Å². The van der Waals surface area contributed by atoms with E-state index < -0.39 is 12.0 Å². The van der Waals surface area contributed by atoms with Crippen LogP contribution in [0.3, 0.4) is 0 Å². The predicted molar refractivity (Wildman–Crippen MR) is 63.8 cm³/mol. The molecule has 0 bridgehead atoms. The van der Waals surface area contributed by atoms with Gasteiger partial charge in [-0.1, -0.05) is 0 Å². The quantitative estimate of drug-likeness (QED) is 0.794. The van der Waals surface area contributed by atoms with E-state index in [1.807, 2.05) is 0 Å². The molecule has 16 heavy (non-hydrogen) atoms. The highest BCUT2D eigenvalue weighted by molar-refractivity contribution is 9.11. The van der Waals surface area contributed by atoms with Gasteiger partial charge >= 0.3 is 5.97 Å². The molecule has 7 heteroatoms. The number of hydrogen-bond donors (Lipinski definition) is 2. The van der Waals surface area contributed by atoms with Gasteiger partial charge in [0.15, 0.2) is 0 Å². The largest absolute Gasteiger partial charge is 0.481 e. The van der Waals surface area contributed by atoms with Crippen molar-refractivity contribution in [3.05, 3.63) is 26.9 Å². The number of aromatic nitrogens is 1. The van der Waals surface area contributed by atoms with Gasteiger partial charge in [-0.2, -0.15) is 0 Å². The first kappa shape index (κ1) is 13.1. The van der Waals surface area contributed by atoms with E-state index >= 15 is 0 Å². The molecule has 5 nitrogen and oxygen atoms in total. The highest BCUT2D eigenvalue weighted by atomic mass is 79.9. The van der Waals surface area contributed by atoms with Gasteiger partial charge in [-0.25, -0.2) is 0 Å². The molecular formula is C9H8Br2N2O3. The maximum absolute atomic E-state index is 10.6. The lowest BCUT2D eigenvalue weighted by molar-refractivity contribution is -0.137. The number of carboxylic acids is 1. The molecule has 1 aromatic heterocycles. The van der Waals surface area contributed by atoms with Crippen LogP contribution in [0.2, 0.25) is 0 Å². The van der Waals surface area contributed by atoms with Crippen molar-refractivity contribution in [3.63, 3.8) is 0 Å². The van der Waals surface area contributed by atoms with Crippen molar-refractivity contribution < 1.29 is 14.7 Å². The Morgan fingerprint density at radius 1 is 1.62 bits per heavy atom. The average molecular weight is 352 g/mol. The Hall–Kier alpha value is -0.950. The van der Waals surface area contributed by atoms with Gasteiger partial charge in [-0.15, -0.1) is 0 Å². The fraction of sp³-hybridized carbons (Fsp3) is 0.222. The maximum Gasteiger partial charge on any atom is 0.305 e. The summed E-state index contributed by atoms with van der Waals surface area (Å²) < 4.78 is 1.41. The molecule has 0 saturated heterocycles.